The van der Waals surface area contributed by atoms with Crippen molar-refractivity contribution in [3.8, 4) is 40.2 Å². The number of aromatic nitrogens is 7. The van der Waals surface area contributed by atoms with Gasteiger partial charge >= 0.3 is 0 Å². The monoisotopic (exact) mass is 1440 g/mol. The minimum atomic E-state index is -0.617. The van der Waals surface area contributed by atoms with Crippen LogP contribution in [0, 0.1) is 20.8 Å². The first-order valence-corrected chi connectivity index (χ1v) is 31.3. The van der Waals surface area contributed by atoms with Gasteiger partial charge in [0, 0.05) is 155 Å². The van der Waals surface area contributed by atoms with Gasteiger partial charge in [-0.2, -0.15) is 0 Å². The maximum absolute atomic E-state index is 12.0. The molecule has 36 heteroatoms. The minimum Gasteiger partial charge on any atom is -0.507 e. The molecule has 7 amide bonds. The molecule has 0 aromatic carbocycles. The van der Waals surface area contributed by atoms with Gasteiger partial charge in [-0.3, -0.25) is 71.7 Å². The summed E-state index contributed by atoms with van der Waals surface area (Å²) in [4.78, 5) is 161. The molecule has 0 spiro atoms. The van der Waals surface area contributed by atoms with Gasteiger partial charge < -0.3 is 105 Å². The molecule has 7 aromatic rings. The van der Waals surface area contributed by atoms with Gasteiger partial charge in [0.05, 0.1) is 0 Å². The van der Waals surface area contributed by atoms with Crippen LogP contribution in [0.2, 0.25) is 0 Å². The molecular weight excluding hydrogens is 1350 g/mol. The number of hydrogen-bond acceptors (Lipinski definition) is 22. The standard InChI is InChI=1S/C11H16N2O3.C10H14N2O4.2C10H14N2O3.2C9H12N2O3.C8H10N2O3/c1-6(2)13-7(3)5-8(14)9(11(13)16)10(15)12-4;1-3-16-6-12-5-4-7(13)8(10(12)15)9(14)11-2;1-6(2)12-5-4-7(13)8(10(12)15)9(14)11-3;1-4-12-6(2)5-7(13)8(10(12)15)9(14)11-3;1-5-4-6(12)7(8(13)10-2)9(14)11(5)3;1-3-11-5-4-6(12)7(9(11)14)8(13)10-2;1-9-7(12)6-5(11)3-4-10(2)8(6)13/h5-6,14H,1-4H3,(H,12,15);4-5,13H,3,6H2,1-2H3,(H,11,14);4-6,13H,1-3H3,(H,11,14);5,13H,4H2,1-3H3,(H,11,14);4,12H,1-3H3,(H,10,13);4-5,12H,3H2,1-2H3,(H,10,13);3-4,11H,1-2H3,(H,9,12). The average molecular weight is 1450 g/mol. The number of ether oxygens (including phenoxy) is 1. The Morgan fingerprint density at radius 2 is 0.699 bits per heavy atom. The smallest absolute Gasteiger partial charge is 0.269 e. The lowest BCUT2D eigenvalue weighted by Gasteiger charge is -2.15. The number of hydrogen-bond donors (Lipinski definition) is 14. The lowest BCUT2D eigenvalue weighted by Crippen LogP contribution is -2.33. The van der Waals surface area contributed by atoms with Crippen molar-refractivity contribution in [2.45, 2.75) is 101 Å². The number of carbonyl (C=O) groups is 7. The molecule has 0 atom stereocenters. The van der Waals surface area contributed by atoms with Gasteiger partial charge in [0.15, 0.2) is 0 Å². The van der Waals surface area contributed by atoms with E-state index in [1.807, 2.05) is 27.7 Å². The third-order valence-electron chi connectivity index (χ3n) is 14.5. The Hall–Kier alpha value is -12.5. The molecule has 0 fully saturated rings. The first kappa shape index (κ1) is 88.5. The zero-order chi connectivity index (χ0) is 79.4. The Morgan fingerprint density at radius 3 is 1.07 bits per heavy atom. The molecule has 0 bridgehead atoms. The first-order chi connectivity index (χ1) is 48.2. The van der Waals surface area contributed by atoms with Crippen LogP contribution in [0.25, 0.3) is 0 Å². The number of carbonyl (C=O) groups excluding carboxylic acids is 7. The number of aromatic hydroxyl groups is 7. The van der Waals surface area contributed by atoms with E-state index in [2.05, 4.69) is 37.2 Å². The highest BCUT2D eigenvalue weighted by atomic mass is 16.5. The van der Waals surface area contributed by atoms with Gasteiger partial charge in [-0.25, -0.2) is 0 Å². The number of aryl methyl sites for hydroxylation is 5. The fourth-order valence-electron chi connectivity index (χ4n) is 8.93. The molecule has 7 aromatic heterocycles. The zero-order valence-electron chi connectivity index (χ0n) is 60.7. The second-order valence-corrected chi connectivity index (χ2v) is 21.9. The zero-order valence-corrected chi connectivity index (χ0v) is 60.7. The van der Waals surface area contributed by atoms with E-state index in [1.54, 1.807) is 48.6 Å². The predicted molar refractivity (Wildman–Crippen MR) is 380 cm³/mol. The summed E-state index contributed by atoms with van der Waals surface area (Å²) in [6.45, 7) is 19.3. The summed E-state index contributed by atoms with van der Waals surface area (Å²) < 4.78 is 14.5. The highest BCUT2D eigenvalue weighted by Crippen LogP contribution is 2.20. The van der Waals surface area contributed by atoms with Crippen LogP contribution in [0.15, 0.2) is 101 Å². The van der Waals surface area contributed by atoms with Gasteiger partial charge in [-0.1, -0.05) is 0 Å². The molecule has 36 nitrogen and oxygen atoms in total. The van der Waals surface area contributed by atoms with Crippen molar-refractivity contribution in [3.05, 3.63) is 196 Å². The summed E-state index contributed by atoms with van der Waals surface area (Å²) in [7, 11) is 12.9. The van der Waals surface area contributed by atoms with Crippen LogP contribution < -0.4 is 76.1 Å². The van der Waals surface area contributed by atoms with Crippen LogP contribution in [0.1, 0.15) is 150 Å². The van der Waals surface area contributed by atoms with Gasteiger partial charge in [-0.05, 0) is 93.5 Å². The van der Waals surface area contributed by atoms with Crippen molar-refractivity contribution in [3.63, 3.8) is 0 Å². The Morgan fingerprint density at radius 1 is 0.379 bits per heavy atom. The Balaban J connectivity index is 0.000000601. The van der Waals surface area contributed by atoms with Crippen LogP contribution in [0.4, 0.5) is 0 Å². The summed E-state index contributed by atoms with van der Waals surface area (Å²) in [5.74, 6) is -6.14. The third-order valence-corrected chi connectivity index (χ3v) is 14.5. The lowest BCUT2D eigenvalue weighted by molar-refractivity contribution is 0.0840. The van der Waals surface area contributed by atoms with Crippen molar-refractivity contribution in [2.75, 3.05) is 55.9 Å². The Bertz CT molecular complexity index is 4670. The maximum atomic E-state index is 12.0. The molecule has 14 N–H and O–H groups in total. The van der Waals surface area contributed by atoms with E-state index in [0.717, 1.165) is 0 Å². The highest BCUT2D eigenvalue weighted by molar-refractivity contribution is 5.99. The van der Waals surface area contributed by atoms with Crippen molar-refractivity contribution >= 4 is 41.4 Å². The molecule has 7 rings (SSSR count). The molecule has 0 saturated heterocycles. The van der Waals surface area contributed by atoms with Gasteiger partial charge in [0.2, 0.25) is 0 Å². The molecule has 0 saturated carbocycles. The third kappa shape index (κ3) is 22.8. The topological polar surface area (TPSA) is 509 Å². The van der Waals surface area contributed by atoms with E-state index in [1.165, 1.54) is 156 Å². The first-order valence-electron chi connectivity index (χ1n) is 31.3. The fraction of sp³-hybridized carbons (Fsp3) is 0.373. The second kappa shape index (κ2) is 41.2. The highest BCUT2D eigenvalue weighted by Gasteiger charge is 2.23. The van der Waals surface area contributed by atoms with E-state index < -0.39 is 80.3 Å². The van der Waals surface area contributed by atoms with Crippen LogP contribution in [0.5, 0.6) is 40.2 Å². The Kier molecular flexibility index (Phi) is 35.4. The van der Waals surface area contributed by atoms with Crippen molar-refractivity contribution < 1.29 is 74.0 Å². The Labute approximate surface area is 589 Å². The number of rotatable bonds is 14. The number of nitrogens with zero attached hydrogens (tertiary/aromatic N) is 7. The van der Waals surface area contributed by atoms with Gasteiger partial charge in [0.25, 0.3) is 80.3 Å². The largest absolute Gasteiger partial charge is 0.507 e. The molecule has 0 aliphatic rings. The summed E-state index contributed by atoms with van der Waals surface area (Å²) in [6, 6.07) is 9.35. The van der Waals surface area contributed by atoms with Crippen molar-refractivity contribution in [2.24, 2.45) is 14.1 Å². The molecule has 562 valence electrons. The molecule has 0 aliphatic heterocycles. The maximum Gasteiger partial charge on any atom is 0.269 e. The molecule has 0 aliphatic carbocycles. The molecule has 7 heterocycles. The fourth-order valence-corrected chi connectivity index (χ4v) is 8.93. The van der Waals surface area contributed by atoms with E-state index in [0.29, 0.717) is 36.8 Å². The van der Waals surface area contributed by atoms with Crippen molar-refractivity contribution in [1.29, 1.82) is 0 Å². The second-order valence-electron chi connectivity index (χ2n) is 21.9. The minimum absolute atomic E-state index is 0.0542. The quantitative estimate of drug-likeness (QED) is 0.0708. The number of amides is 7. The van der Waals surface area contributed by atoms with Crippen molar-refractivity contribution in [1.82, 2.24) is 69.2 Å². The van der Waals surface area contributed by atoms with Crippen LogP contribution >= 0.6 is 0 Å². The summed E-state index contributed by atoms with van der Waals surface area (Å²) in [5.41, 5.74) is -3.18. The molecule has 0 unspecified atom stereocenters. The number of nitrogens with one attached hydrogen (secondary N) is 7. The van der Waals surface area contributed by atoms with Crippen LogP contribution in [-0.4, -0.2) is 165 Å². The van der Waals surface area contributed by atoms with E-state index in [-0.39, 0.29) is 98.0 Å². The van der Waals surface area contributed by atoms with E-state index >= 15 is 0 Å². The summed E-state index contributed by atoms with van der Waals surface area (Å²) in [5, 5.41) is 82.1. The predicted octanol–water partition coefficient (Wildman–Crippen LogP) is 0.589. The number of pyridine rings is 7. The van der Waals surface area contributed by atoms with E-state index in [9.17, 15) is 103 Å². The summed E-state index contributed by atoms with van der Waals surface area (Å²) >= 11 is 0. The van der Waals surface area contributed by atoms with Gasteiger partial charge in [-0.15, -0.1) is 0 Å². The van der Waals surface area contributed by atoms with Crippen LogP contribution in [-0.2, 0) is 38.7 Å². The molecule has 103 heavy (non-hydrogen) atoms. The lowest BCUT2D eigenvalue weighted by atomic mass is 10.2. The SMILES string of the molecule is CCOCn1ccc(O)c(C(=O)NC)c1=O.CCn1c(C)cc(O)c(C(=O)NC)c1=O.CCn1ccc(O)c(C(=O)NC)c1=O.CNC(=O)c1c(O)cc(C)n(C(C)C)c1=O.CNC(=O)c1c(O)cc(C)n(C)c1=O.CNC(=O)c1c(O)ccn(C(C)C)c1=O.CNC(=O)c1c(O)ccn(C)c1=O. The molecule has 0 radical (unpaired) electrons. The summed E-state index contributed by atoms with van der Waals surface area (Å²) in [6.07, 6.45) is 5.68. The van der Waals surface area contributed by atoms with Gasteiger partial charge in [0.1, 0.15) is 85.9 Å². The molecular formula is C67H92N14O22. The van der Waals surface area contributed by atoms with Crippen LogP contribution in [0.3, 0.4) is 0 Å². The normalized spacial score (nSPS) is 10.1. The average Bonchev–Trinajstić information content (AvgIpc) is 0.811. The van der Waals surface area contributed by atoms with E-state index in [4.69, 9.17) is 4.74 Å².